The molecule has 4 aliphatic carbocycles. The molecule has 1 N–H and O–H groups in total. The van der Waals surface area contributed by atoms with E-state index in [9.17, 15) is 9.59 Å². The van der Waals surface area contributed by atoms with Crippen molar-refractivity contribution in [3.05, 3.63) is 53.1 Å². The Morgan fingerprint density at radius 2 is 1.70 bits per heavy atom. The molecule has 0 radical (unpaired) electrons. The molecule has 10 heteroatoms. The minimum absolute atomic E-state index is 0.341. The van der Waals surface area contributed by atoms with Crippen LogP contribution in [0.4, 0.5) is 11.4 Å². The number of carbonyl (C=O) groups excluding carboxylic acids is 2. The number of rotatable bonds is 7. The molecular weight excluding hydrogens is 574 g/mol. The molecule has 9 nitrogen and oxygen atoms in total. The van der Waals surface area contributed by atoms with Crippen LogP contribution in [0, 0.1) is 37.0 Å². The number of thiazole rings is 1. The van der Waals surface area contributed by atoms with Gasteiger partial charge in [-0.3, -0.25) is 4.68 Å². The first-order valence-corrected chi connectivity index (χ1v) is 16.5. The fraction of sp³-hybridized carbons (Fsp3) is 0.529. The standard InChI is InChI=1S/C34H41N5O4S/c1-19-27(36-26-10-8-7-9-24(26)31(40)43-33(3,4)5)30-39(37-19)28(32(41)42-6)29(44-30)25-17-35-38(20(25)2)18-34-14-21-11-22(15-34)13-23(12-21)16-34/h7-10,17,21-23,36H,11-16,18H2,1-6H3. The van der Waals surface area contributed by atoms with E-state index in [1.54, 1.807) is 10.6 Å². The number of para-hydroxylation sites is 1. The number of nitrogens with zero attached hydrogens (tertiary/aromatic N) is 4. The van der Waals surface area contributed by atoms with Gasteiger partial charge in [-0.1, -0.05) is 12.1 Å². The molecule has 0 spiro atoms. The zero-order chi connectivity index (χ0) is 31.0. The highest BCUT2D eigenvalue weighted by atomic mass is 32.1. The Hall–Kier alpha value is -3.66. The Kier molecular flexibility index (Phi) is 6.91. The van der Waals surface area contributed by atoms with Gasteiger partial charge in [0.2, 0.25) is 0 Å². The smallest absolute Gasteiger partial charge is 0.358 e. The number of aryl methyl sites for hydroxylation is 1. The quantitative estimate of drug-likeness (QED) is 0.214. The van der Waals surface area contributed by atoms with E-state index >= 15 is 0 Å². The molecular formula is C34H41N5O4S. The van der Waals surface area contributed by atoms with Crippen LogP contribution in [-0.4, -0.2) is 44.0 Å². The first-order chi connectivity index (χ1) is 20.9. The maximum absolute atomic E-state index is 13.3. The number of hydrogen-bond donors (Lipinski definition) is 1. The Bertz CT molecular complexity index is 1740. The van der Waals surface area contributed by atoms with E-state index in [0.29, 0.717) is 28.1 Å². The van der Waals surface area contributed by atoms with Crippen LogP contribution in [0.2, 0.25) is 0 Å². The summed E-state index contributed by atoms with van der Waals surface area (Å²) in [5, 5.41) is 13.1. The van der Waals surface area contributed by atoms with Crippen LogP contribution >= 0.6 is 11.3 Å². The number of benzene rings is 1. The van der Waals surface area contributed by atoms with Gasteiger partial charge >= 0.3 is 11.9 Å². The summed E-state index contributed by atoms with van der Waals surface area (Å²) < 4.78 is 14.8. The van der Waals surface area contributed by atoms with E-state index in [0.717, 1.165) is 51.0 Å². The van der Waals surface area contributed by atoms with Crippen LogP contribution < -0.4 is 5.32 Å². The number of aromatic nitrogens is 4. The lowest BCUT2D eigenvalue weighted by atomic mass is 9.49. The van der Waals surface area contributed by atoms with E-state index < -0.39 is 17.5 Å². The second kappa shape index (κ2) is 10.5. The largest absolute Gasteiger partial charge is 0.464 e. The molecule has 4 fully saturated rings. The van der Waals surface area contributed by atoms with Crippen LogP contribution in [0.15, 0.2) is 30.5 Å². The van der Waals surface area contributed by atoms with Gasteiger partial charge in [0.1, 0.15) is 10.4 Å². The Labute approximate surface area is 261 Å². The predicted molar refractivity (Wildman–Crippen MR) is 171 cm³/mol. The van der Waals surface area contributed by atoms with Crippen LogP contribution in [0.25, 0.3) is 15.3 Å². The highest BCUT2D eigenvalue weighted by Crippen LogP contribution is 2.60. The topological polar surface area (TPSA) is 99.8 Å². The Balaban J connectivity index is 1.25. The van der Waals surface area contributed by atoms with Crippen molar-refractivity contribution < 1.29 is 19.1 Å². The second-order valence-electron chi connectivity index (χ2n) is 14.3. The molecule has 44 heavy (non-hydrogen) atoms. The van der Waals surface area contributed by atoms with Gasteiger partial charge < -0.3 is 14.8 Å². The third kappa shape index (κ3) is 5.01. The van der Waals surface area contributed by atoms with Crippen molar-refractivity contribution in [2.75, 3.05) is 12.4 Å². The fourth-order valence-corrected chi connectivity index (χ4v) is 9.75. The van der Waals surface area contributed by atoms with Crippen LogP contribution in [0.3, 0.4) is 0 Å². The summed E-state index contributed by atoms with van der Waals surface area (Å²) in [5.41, 5.74) is 4.51. The monoisotopic (exact) mass is 615 g/mol. The molecule has 3 heterocycles. The summed E-state index contributed by atoms with van der Waals surface area (Å²) >= 11 is 1.48. The number of nitrogens with one attached hydrogen (secondary N) is 1. The van der Waals surface area contributed by atoms with Gasteiger partial charge in [-0.2, -0.15) is 10.2 Å². The molecule has 0 saturated heterocycles. The van der Waals surface area contributed by atoms with Crippen molar-refractivity contribution in [1.82, 2.24) is 19.4 Å². The van der Waals surface area contributed by atoms with Crippen LogP contribution in [-0.2, 0) is 16.0 Å². The average molecular weight is 616 g/mol. The summed E-state index contributed by atoms with van der Waals surface area (Å²) in [6.45, 7) is 10.5. The first kappa shape index (κ1) is 29.1. The lowest BCUT2D eigenvalue weighted by Gasteiger charge is -2.56. The van der Waals surface area contributed by atoms with Gasteiger partial charge in [-0.25, -0.2) is 14.1 Å². The fourth-order valence-electron chi connectivity index (χ4n) is 8.46. The molecule has 4 bridgehead atoms. The van der Waals surface area contributed by atoms with Gasteiger partial charge in [0.15, 0.2) is 5.69 Å². The molecule has 3 aromatic heterocycles. The van der Waals surface area contributed by atoms with E-state index in [2.05, 4.69) is 16.9 Å². The van der Waals surface area contributed by atoms with Crippen molar-refractivity contribution in [2.45, 2.75) is 85.3 Å². The summed E-state index contributed by atoms with van der Waals surface area (Å²) in [5.74, 6) is 1.76. The Morgan fingerprint density at radius 1 is 1.05 bits per heavy atom. The minimum atomic E-state index is -0.624. The zero-order valence-electron chi connectivity index (χ0n) is 26.4. The highest BCUT2D eigenvalue weighted by molar-refractivity contribution is 7.21. The zero-order valence-corrected chi connectivity index (χ0v) is 27.2. The number of fused-ring (bicyclic) bond motifs is 1. The molecule has 1 aromatic carbocycles. The lowest BCUT2D eigenvalue weighted by molar-refractivity contribution is -0.0638. The van der Waals surface area contributed by atoms with Crippen molar-refractivity contribution >= 4 is 39.5 Å². The van der Waals surface area contributed by atoms with Crippen LogP contribution in [0.1, 0.15) is 91.5 Å². The summed E-state index contributed by atoms with van der Waals surface area (Å²) in [6.07, 6.45) is 10.1. The lowest BCUT2D eigenvalue weighted by Crippen LogP contribution is -2.48. The van der Waals surface area contributed by atoms with E-state index in [1.807, 2.05) is 52.1 Å². The third-order valence-electron chi connectivity index (χ3n) is 9.83. The molecule has 0 atom stereocenters. The summed E-state index contributed by atoms with van der Waals surface area (Å²) in [7, 11) is 1.39. The first-order valence-electron chi connectivity index (χ1n) is 15.7. The molecule has 0 unspecified atom stereocenters. The average Bonchev–Trinajstić information content (AvgIpc) is 3.58. The van der Waals surface area contributed by atoms with E-state index in [1.165, 1.54) is 57.0 Å². The van der Waals surface area contributed by atoms with Crippen molar-refractivity contribution in [2.24, 2.45) is 23.2 Å². The summed E-state index contributed by atoms with van der Waals surface area (Å²) in [6, 6.07) is 7.27. The van der Waals surface area contributed by atoms with E-state index in [-0.39, 0.29) is 0 Å². The number of methoxy groups -OCH3 is 1. The maximum atomic E-state index is 13.3. The molecule has 232 valence electrons. The molecule has 0 amide bonds. The molecule has 4 saturated carbocycles. The number of hydrogen-bond acceptors (Lipinski definition) is 8. The molecule has 4 aromatic rings. The van der Waals surface area contributed by atoms with Crippen molar-refractivity contribution in [1.29, 1.82) is 0 Å². The SMILES string of the molecule is COC(=O)c1c(-c2cnn(CC34CC5CC(CC(C5)C3)C4)c2C)sc2c(Nc3ccccc3C(=O)OC(C)(C)C)c(C)nn12. The second-order valence-corrected chi connectivity index (χ2v) is 15.3. The predicted octanol–water partition coefficient (Wildman–Crippen LogP) is 7.58. The number of carbonyl (C=O) groups is 2. The molecule has 8 rings (SSSR count). The highest BCUT2D eigenvalue weighted by Gasteiger charge is 2.51. The molecule has 0 aliphatic heterocycles. The van der Waals surface area contributed by atoms with Crippen molar-refractivity contribution in [3.8, 4) is 10.4 Å². The van der Waals surface area contributed by atoms with Gasteiger partial charge in [0.05, 0.1) is 40.8 Å². The van der Waals surface area contributed by atoms with Gasteiger partial charge in [-0.15, -0.1) is 11.3 Å². The van der Waals surface area contributed by atoms with Gasteiger partial charge in [0.25, 0.3) is 0 Å². The Morgan fingerprint density at radius 3 is 2.34 bits per heavy atom. The van der Waals surface area contributed by atoms with E-state index in [4.69, 9.17) is 19.7 Å². The number of ether oxygens (including phenoxy) is 2. The molecule has 4 aliphatic rings. The van der Waals surface area contributed by atoms with Crippen LogP contribution in [0.5, 0.6) is 0 Å². The number of esters is 2. The third-order valence-corrected chi connectivity index (χ3v) is 11.0. The summed E-state index contributed by atoms with van der Waals surface area (Å²) in [4.78, 5) is 27.8. The maximum Gasteiger partial charge on any atom is 0.358 e. The van der Waals surface area contributed by atoms with Gasteiger partial charge in [0, 0.05) is 17.8 Å². The normalized spacial score (nSPS) is 24.2. The van der Waals surface area contributed by atoms with Crippen molar-refractivity contribution in [3.63, 3.8) is 0 Å². The minimum Gasteiger partial charge on any atom is -0.464 e. The number of anilines is 2. The van der Waals surface area contributed by atoms with Gasteiger partial charge in [-0.05, 0) is 108 Å².